The van der Waals surface area contributed by atoms with Gasteiger partial charge in [0.05, 0.1) is 17.2 Å². The summed E-state index contributed by atoms with van der Waals surface area (Å²) >= 11 is 12.5. The molecule has 0 aliphatic heterocycles. The zero-order chi connectivity index (χ0) is 30.3. The Morgan fingerprint density at radius 1 is 1.00 bits per heavy atom. The van der Waals surface area contributed by atoms with Crippen LogP contribution in [0.3, 0.4) is 0 Å². The number of para-hydroxylation sites is 1. The largest absolute Gasteiger partial charge is 0.494 e. The minimum absolute atomic E-state index is 0.00178. The molecule has 42 heavy (non-hydrogen) atoms. The molecule has 0 aromatic heterocycles. The second kappa shape index (κ2) is 14.3. The average Bonchev–Trinajstić information content (AvgIpc) is 3.49. The van der Waals surface area contributed by atoms with E-state index in [0.717, 1.165) is 30.0 Å². The first-order chi connectivity index (χ1) is 20.1. The Labute approximate surface area is 257 Å². The molecule has 3 aromatic carbocycles. The van der Waals surface area contributed by atoms with E-state index in [-0.39, 0.29) is 23.4 Å². The van der Waals surface area contributed by atoms with Gasteiger partial charge in [-0.2, -0.15) is 0 Å². The summed E-state index contributed by atoms with van der Waals surface area (Å²) in [4.78, 5) is 28.8. The molecule has 0 bridgehead atoms. The van der Waals surface area contributed by atoms with Crippen molar-refractivity contribution in [1.82, 2.24) is 10.2 Å². The van der Waals surface area contributed by atoms with Crippen molar-refractivity contribution in [3.05, 3.63) is 88.4 Å². The van der Waals surface area contributed by atoms with E-state index >= 15 is 0 Å². The van der Waals surface area contributed by atoms with Crippen molar-refractivity contribution >= 4 is 50.7 Å². The van der Waals surface area contributed by atoms with Gasteiger partial charge in [0.15, 0.2) is 0 Å². The first-order valence-electron chi connectivity index (χ1n) is 13.9. The topological polar surface area (TPSA) is 96.0 Å². The number of nitrogens with one attached hydrogen (secondary N) is 1. The summed E-state index contributed by atoms with van der Waals surface area (Å²) in [5, 5.41) is 3.82. The molecule has 1 aliphatic rings. The number of ether oxygens (including phenoxy) is 1. The molecule has 0 heterocycles. The Bertz CT molecular complexity index is 1480. The molecule has 11 heteroatoms. The summed E-state index contributed by atoms with van der Waals surface area (Å²) in [5.41, 5.74) is 0.892. The van der Waals surface area contributed by atoms with Crippen LogP contribution in [0.4, 0.5) is 5.69 Å². The fourth-order valence-corrected chi connectivity index (χ4v) is 6.82. The second-order valence-electron chi connectivity index (χ2n) is 10.2. The van der Waals surface area contributed by atoms with Crippen LogP contribution in [0.25, 0.3) is 0 Å². The monoisotopic (exact) mass is 631 g/mol. The standard InChI is InChI=1S/C31H35Cl2N3O5S/c1-3-41-27-15-17-28(18-16-27)42(39,40)36(26-11-5-4-6-12-26)21-30(37)35(20-23-13-14-24(32)19-29(23)33)22(2)31(38)34-25-9-7-8-10-25/h4-6,11-19,22,25H,3,7-10,20-21H2,1-2H3,(H,34,38)/t22-/m1/s1. The van der Waals surface area contributed by atoms with Crippen LogP contribution in [-0.2, 0) is 26.2 Å². The quantitative estimate of drug-likeness (QED) is 0.262. The molecule has 0 unspecified atom stereocenters. The van der Waals surface area contributed by atoms with Crippen molar-refractivity contribution in [3.63, 3.8) is 0 Å². The van der Waals surface area contributed by atoms with E-state index in [0.29, 0.717) is 33.7 Å². The first kappa shape index (κ1) is 31.7. The summed E-state index contributed by atoms with van der Waals surface area (Å²) in [6.45, 7) is 3.37. The Hall–Kier alpha value is -3.27. The van der Waals surface area contributed by atoms with Crippen molar-refractivity contribution in [1.29, 1.82) is 0 Å². The van der Waals surface area contributed by atoms with E-state index in [1.54, 1.807) is 67.6 Å². The maximum absolute atomic E-state index is 14.1. The van der Waals surface area contributed by atoms with Crippen LogP contribution in [0.1, 0.15) is 45.1 Å². The molecule has 0 saturated heterocycles. The van der Waals surface area contributed by atoms with Gasteiger partial charge in [0.2, 0.25) is 11.8 Å². The number of hydrogen-bond acceptors (Lipinski definition) is 5. The normalized spacial score (nSPS) is 14.3. The van der Waals surface area contributed by atoms with Gasteiger partial charge in [0.25, 0.3) is 10.0 Å². The number of carbonyl (C=O) groups excluding carboxylic acids is 2. The molecule has 3 aromatic rings. The highest BCUT2D eigenvalue weighted by Gasteiger charge is 2.33. The number of anilines is 1. The fraction of sp³-hybridized carbons (Fsp3) is 0.355. The maximum Gasteiger partial charge on any atom is 0.264 e. The molecule has 224 valence electrons. The molecule has 0 radical (unpaired) electrons. The molecule has 1 N–H and O–H groups in total. The minimum Gasteiger partial charge on any atom is -0.494 e. The number of nitrogens with zero attached hydrogens (tertiary/aromatic N) is 2. The van der Waals surface area contributed by atoms with Gasteiger partial charge in [-0.15, -0.1) is 0 Å². The molecule has 1 aliphatic carbocycles. The zero-order valence-electron chi connectivity index (χ0n) is 23.6. The smallest absolute Gasteiger partial charge is 0.264 e. The van der Waals surface area contributed by atoms with Crippen LogP contribution in [-0.4, -0.2) is 50.4 Å². The molecule has 1 saturated carbocycles. The lowest BCUT2D eigenvalue weighted by Gasteiger charge is -2.32. The third kappa shape index (κ3) is 7.76. The van der Waals surface area contributed by atoms with Crippen LogP contribution in [0.5, 0.6) is 5.75 Å². The lowest BCUT2D eigenvalue weighted by Crippen LogP contribution is -2.52. The van der Waals surface area contributed by atoms with E-state index < -0.39 is 28.5 Å². The van der Waals surface area contributed by atoms with Gasteiger partial charge in [-0.1, -0.05) is 60.3 Å². The summed E-state index contributed by atoms with van der Waals surface area (Å²) in [6.07, 6.45) is 3.85. The zero-order valence-corrected chi connectivity index (χ0v) is 26.0. The van der Waals surface area contributed by atoms with Crippen molar-refractivity contribution < 1.29 is 22.7 Å². The number of carbonyl (C=O) groups is 2. The lowest BCUT2D eigenvalue weighted by atomic mass is 10.1. The van der Waals surface area contributed by atoms with E-state index in [9.17, 15) is 18.0 Å². The number of rotatable bonds is 12. The van der Waals surface area contributed by atoms with Gasteiger partial charge in [-0.05, 0) is 80.8 Å². The molecule has 4 rings (SSSR count). The molecular formula is C31H35Cl2N3O5S. The van der Waals surface area contributed by atoms with Gasteiger partial charge < -0.3 is 15.0 Å². The predicted octanol–water partition coefficient (Wildman–Crippen LogP) is 6.06. The van der Waals surface area contributed by atoms with Crippen LogP contribution >= 0.6 is 23.2 Å². The summed E-state index contributed by atoms with van der Waals surface area (Å²) < 4.78 is 34.4. The Balaban J connectivity index is 1.67. The maximum atomic E-state index is 14.1. The highest BCUT2D eigenvalue weighted by molar-refractivity contribution is 7.92. The third-order valence-electron chi connectivity index (χ3n) is 7.27. The number of sulfonamides is 1. The van der Waals surface area contributed by atoms with Gasteiger partial charge >= 0.3 is 0 Å². The van der Waals surface area contributed by atoms with Gasteiger partial charge in [0.1, 0.15) is 18.3 Å². The average molecular weight is 633 g/mol. The van der Waals surface area contributed by atoms with Crippen molar-refractivity contribution in [2.24, 2.45) is 0 Å². The lowest BCUT2D eigenvalue weighted by molar-refractivity contribution is -0.139. The number of amides is 2. The SMILES string of the molecule is CCOc1ccc(S(=O)(=O)N(CC(=O)N(Cc2ccc(Cl)cc2Cl)[C@H](C)C(=O)NC2CCCC2)c2ccccc2)cc1. The van der Waals surface area contributed by atoms with Gasteiger partial charge in [-0.25, -0.2) is 8.42 Å². The number of hydrogen-bond donors (Lipinski definition) is 1. The van der Waals surface area contributed by atoms with E-state index in [4.69, 9.17) is 27.9 Å². The predicted molar refractivity (Wildman–Crippen MR) is 165 cm³/mol. The van der Waals surface area contributed by atoms with Crippen LogP contribution in [0, 0.1) is 0 Å². The molecule has 8 nitrogen and oxygen atoms in total. The molecule has 1 fully saturated rings. The van der Waals surface area contributed by atoms with E-state index in [1.165, 1.54) is 17.0 Å². The van der Waals surface area contributed by atoms with E-state index in [1.807, 2.05) is 6.92 Å². The molecular weight excluding hydrogens is 597 g/mol. The van der Waals surface area contributed by atoms with Crippen molar-refractivity contribution in [2.45, 2.75) is 63.1 Å². The van der Waals surface area contributed by atoms with Crippen molar-refractivity contribution in [3.8, 4) is 5.75 Å². The van der Waals surface area contributed by atoms with Gasteiger partial charge in [0, 0.05) is 22.6 Å². The summed E-state index contributed by atoms with van der Waals surface area (Å²) in [6, 6.07) is 18.5. The van der Waals surface area contributed by atoms with Crippen LogP contribution in [0.15, 0.2) is 77.7 Å². The molecule has 2 amide bonds. The molecule has 1 atom stereocenters. The first-order valence-corrected chi connectivity index (χ1v) is 16.1. The Morgan fingerprint density at radius 2 is 1.67 bits per heavy atom. The Morgan fingerprint density at radius 3 is 2.29 bits per heavy atom. The number of benzene rings is 3. The summed E-state index contributed by atoms with van der Waals surface area (Å²) in [7, 11) is -4.18. The highest BCUT2D eigenvalue weighted by Crippen LogP contribution is 2.27. The van der Waals surface area contributed by atoms with Crippen LogP contribution < -0.4 is 14.4 Å². The summed E-state index contributed by atoms with van der Waals surface area (Å²) in [5.74, 6) is -0.332. The van der Waals surface area contributed by atoms with Gasteiger partial charge in [-0.3, -0.25) is 13.9 Å². The fourth-order valence-electron chi connectivity index (χ4n) is 4.93. The minimum atomic E-state index is -4.18. The molecule has 0 spiro atoms. The second-order valence-corrected chi connectivity index (χ2v) is 12.9. The number of halogens is 2. The highest BCUT2D eigenvalue weighted by atomic mass is 35.5. The Kier molecular flexibility index (Phi) is 10.8. The third-order valence-corrected chi connectivity index (χ3v) is 9.65. The van der Waals surface area contributed by atoms with Crippen molar-refractivity contribution in [2.75, 3.05) is 17.5 Å². The van der Waals surface area contributed by atoms with Crippen LogP contribution in [0.2, 0.25) is 10.0 Å². The van der Waals surface area contributed by atoms with E-state index in [2.05, 4.69) is 5.32 Å².